The Kier molecular flexibility index (Phi) is 5.89. The molecule has 2 aliphatic heterocycles. The molecular weight excluding hydrogens is 411 g/mol. The molecule has 0 radical (unpaired) electrons. The highest BCUT2D eigenvalue weighted by Gasteiger charge is 2.29. The molecule has 2 aromatic carbocycles. The van der Waals surface area contributed by atoms with Crippen LogP contribution in [-0.2, 0) is 6.54 Å². The van der Waals surface area contributed by atoms with Gasteiger partial charge in [-0.25, -0.2) is 9.07 Å². The summed E-state index contributed by atoms with van der Waals surface area (Å²) in [5.74, 6) is 2.22. The molecule has 1 saturated heterocycles. The van der Waals surface area contributed by atoms with Crippen molar-refractivity contribution in [2.45, 2.75) is 32.4 Å². The Balaban J connectivity index is 1.31. The molecule has 5 rings (SSSR count). The summed E-state index contributed by atoms with van der Waals surface area (Å²) in [5.41, 5.74) is 1.73. The third-order valence-corrected chi connectivity index (χ3v) is 6.14. The van der Waals surface area contributed by atoms with Gasteiger partial charge in [0, 0.05) is 26.2 Å². The molecule has 0 unspecified atom stereocenters. The summed E-state index contributed by atoms with van der Waals surface area (Å²) in [7, 11) is 0. The summed E-state index contributed by atoms with van der Waals surface area (Å²) in [6.07, 6.45) is 1.98. The number of rotatable bonds is 7. The average Bonchev–Trinajstić information content (AvgIpc) is 3.47. The number of hydrogen-bond donors (Lipinski definition) is 0. The first-order valence-corrected chi connectivity index (χ1v) is 11.1. The fourth-order valence-electron chi connectivity index (χ4n) is 4.51. The van der Waals surface area contributed by atoms with Gasteiger partial charge in [0.2, 0.25) is 6.79 Å². The van der Waals surface area contributed by atoms with Crippen LogP contribution in [0.2, 0.25) is 0 Å². The van der Waals surface area contributed by atoms with Gasteiger partial charge in [0.1, 0.15) is 5.82 Å². The van der Waals surface area contributed by atoms with Crippen molar-refractivity contribution in [2.75, 3.05) is 37.9 Å². The Morgan fingerprint density at radius 2 is 1.84 bits per heavy atom. The Labute approximate surface area is 186 Å². The van der Waals surface area contributed by atoms with Gasteiger partial charge in [0.25, 0.3) is 0 Å². The number of anilines is 1. The van der Waals surface area contributed by atoms with Crippen LogP contribution < -0.4 is 14.4 Å². The zero-order valence-corrected chi connectivity index (χ0v) is 18.2. The SMILES string of the molecule is CCC[C@H](c1nnnn1Cc1ccc2c(c1)OCO2)N1CCN(c2ccccc2F)CC1. The van der Waals surface area contributed by atoms with Gasteiger partial charge in [-0.15, -0.1) is 5.10 Å². The number of benzene rings is 2. The zero-order chi connectivity index (χ0) is 21.9. The van der Waals surface area contributed by atoms with Crippen molar-refractivity contribution in [3.05, 3.63) is 59.7 Å². The number of para-hydroxylation sites is 1. The maximum atomic E-state index is 14.2. The van der Waals surface area contributed by atoms with E-state index in [4.69, 9.17) is 9.47 Å². The number of piperazine rings is 1. The molecule has 32 heavy (non-hydrogen) atoms. The van der Waals surface area contributed by atoms with Crippen LogP contribution in [0.4, 0.5) is 10.1 Å². The summed E-state index contributed by atoms with van der Waals surface area (Å²) < 4.78 is 27.0. The highest BCUT2D eigenvalue weighted by Crippen LogP contribution is 2.33. The van der Waals surface area contributed by atoms with Crippen molar-refractivity contribution in [3.63, 3.8) is 0 Å². The Hall–Kier alpha value is -3.20. The second-order valence-corrected chi connectivity index (χ2v) is 8.16. The summed E-state index contributed by atoms with van der Waals surface area (Å²) in [5, 5.41) is 12.7. The number of nitrogens with zero attached hydrogens (tertiary/aromatic N) is 6. The van der Waals surface area contributed by atoms with Crippen LogP contribution in [0.1, 0.15) is 37.2 Å². The zero-order valence-electron chi connectivity index (χ0n) is 18.2. The first-order chi connectivity index (χ1) is 15.7. The standard InChI is InChI=1S/C23H27FN6O2/c1-2-5-20(29-12-10-28(11-13-29)19-7-4-3-6-18(19)24)23-25-26-27-30(23)15-17-8-9-21-22(14-17)32-16-31-21/h3-4,6-9,14,20H,2,5,10-13,15-16H2,1H3/t20-/m1/s1. The highest BCUT2D eigenvalue weighted by molar-refractivity contribution is 5.48. The molecule has 0 spiro atoms. The van der Waals surface area contributed by atoms with E-state index in [0.717, 1.165) is 61.9 Å². The fraction of sp³-hybridized carbons (Fsp3) is 0.435. The number of aromatic nitrogens is 4. The number of hydrogen-bond acceptors (Lipinski definition) is 7. The minimum absolute atomic E-state index is 0.117. The molecule has 168 valence electrons. The number of fused-ring (bicyclic) bond motifs is 1. The van der Waals surface area contributed by atoms with Gasteiger partial charge in [-0.3, -0.25) is 4.90 Å². The molecule has 2 aliphatic rings. The van der Waals surface area contributed by atoms with Crippen LogP contribution >= 0.6 is 0 Å². The smallest absolute Gasteiger partial charge is 0.231 e. The third kappa shape index (κ3) is 4.12. The molecule has 3 heterocycles. The van der Waals surface area contributed by atoms with Crippen LogP contribution in [0.25, 0.3) is 0 Å². The second kappa shape index (κ2) is 9.12. The molecule has 3 aromatic rings. The molecule has 0 bridgehead atoms. The molecular formula is C23H27FN6O2. The topological polar surface area (TPSA) is 68.5 Å². The second-order valence-electron chi connectivity index (χ2n) is 8.16. The largest absolute Gasteiger partial charge is 0.454 e. The minimum Gasteiger partial charge on any atom is -0.454 e. The van der Waals surface area contributed by atoms with E-state index in [9.17, 15) is 4.39 Å². The van der Waals surface area contributed by atoms with Crippen molar-refractivity contribution in [3.8, 4) is 11.5 Å². The molecule has 1 atom stereocenters. The Morgan fingerprint density at radius 1 is 1.03 bits per heavy atom. The monoisotopic (exact) mass is 438 g/mol. The van der Waals surface area contributed by atoms with Gasteiger partial charge in [0.05, 0.1) is 18.3 Å². The van der Waals surface area contributed by atoms with E-state index in [1.165, 1.54) is 6.07 Å². The van der Waals surface area contributed by atoms with E-state index < -0.39 is 0 Å². The van der Waals surface area contributed by atoms with Crippen LogP contribution in [0.3, 0.4) is 0 Å². The predicted octanol–water partition coefficient (Wildman–Crippen LogP) is 3.25. The maximum Gasteiger partial charge on any atom is 0.231 e. The third-order valence-electron chi connectivity index (χ3n) is 6.14. The quantitative estimate of drug-likeness (QED) is 0.561. The van der Waals surface area contributed by atoms with Crippen molar-refractivity contribution in [1.29, 1.82) is 0 Å². The van der Waals surface area contributed by atoms with Crippen LogP contribution in [-0.4, -0.2) is 58.1 Å². The van der Waals surface area contributed by atoms with E-state index in [1.54, 1.807) is 6.07 Å². The lowest BCUT2D eigenvalue weighted by atomic mass is 10.1. The summed E-state index contributed by atoms with van der Waals surface area (Å²) in [6, 6.07) is 13.0. The molecule has 0 amide bonds. The van der Waals surface area contributed by atoms with E-state index in [0.29, 0.717) is 12.2 Å². The Morgan fingerprint density at radius 3 is 2.66 bits per heavy atom. The first kappa shape index (κ1) is 20.7. The number of halogens is 1. The molecule has 0 saturated carbocycles. The molecule has 8 nitrogen and oxygen atoms in total. The molecule has 0 N–H and O–H groups in total. The lowest BCUT2D eigenvalue weighted by Gasteiger charge is -2.39. The lowest BCUT2D eigenvalue weighted by molar-refractivity contribution is 0.164. The van der Waals surface area contributed by atoms with E-state index in [-0.39, 0.29) is 18.7 Å². The summed E-state index contributed by atoms with van der Waals surface area (Å²) in [6.45, 7) is 6.19. The predicted molar refractivity (Wildman–Crippen MR) is 117 cm³/mol. The molecule has 0 aliphatic carbocycles. The fourth-order valence-corrected chi connectivity index (χ4v) is 4.51. The summed E-state index contributed by atoms with van der Waals surface area (Å²) in [4.78, 5) is 4.53. The van der Waals surface area contributed by atoms with Gasteiger partial charge < -0.3 is 14.4 Å². The maximum absolute atomic E-state index is 14.2. The molecule has 1 fully saturated rings. The van der Waals surface area contributed by atoms with Crippen LogP contribution in [0.15, 0.2) is 42.5 Å². The van der Waals surface area contributed by atoms with E-state index >= 15 is 0 Å². The molecule has 9 heteroatoms. The lowest BCUT2D eigenvalue weighted by Crippen LogP contribution is -2.48. The van der Waals surface area contributed by atoms with Gasteiger partial charge in [0.15, 0.2) is 17.3 Å². The van der Waals surface area contributed by atoms with Crippen LogP contribution in [0.5, 0.6) is 11.5 Å². The number of tetrazole rings is 1. The van der Waals surface area contributed by atoms with E-state index in [2.05, 4.69) is 32.2 Å². The van der Waals surface area contributed by atoms with Crippen molar-refractivity contribution in [1.82, 2.24) is 25.1 Å². The normalized spacial score (nSPS) is 17.0. The average molecular weight is 439 g/mol. The number of ether oxygens (including phenoxy) is 2. The highest BCUT2D eigenvalue weighted by atomic mass is 19.1. The Bertz CT molecular complexity index is 1070. The molecule has 1 aromatic heterocycles. The summed E-state index contributed by atoms with van der Waals surface area (Å²) >= 11 is 0. The van der Waals surface area contributed by atoms with Gasteiger partial charge in [-0.2, -0.15) is 0 Å². The van der Waals surface area contributed by atoms with E-state index in [1.807, 2.05) is 35.0 Å². The van der Waals surface area contributed by atoms with Crippen molar-refractivity contribution in [2.24, 2.45) is 0 Å². The minimum atomic E-state index is -0.168. The van der Waals surface area contributed by atoms with Gasteiger partial charge in [-0.1, -0.05) is 31.5 Å². The van der Waals surface area contributed by atoms with Gasteiger partial charge >= 0.3 is 0 Å². The van der Waals surface area contributed by atoms with Crippen molar-refractivity contribution >= 4 is 5.69 Å². The van der Waals surface area contributed by atoms with Crippen LogP contribution in [0, 0.1) is 5.82 Å². The van der Waals surface area contributed by atoms with Crippen molar-refractivity contribution < 1.29 is 13.9 Å². The van der Waals surface area contributed by atoms with Gasteiger partial charge in [-0.05, 0) is 46.7 Å². The first-order valence-electron chi connectivity index (χ1n) is 11.1.